The number of aryl methyl sites for hydroxylation is 2. The van der Waals surface area contributed by atoms with Gasteiger partial charge in [0.15, 0.2) is 11.6 Å². The predicted molar refractivity (Wildman–Crippen MR) is 136 cm³/mol. The third kappa shape index (κ3) is 6.92. The van der Waals surface area contributed by atoms with Gasteiger partial charge in [-0.25, -0.2) is 13.2 Å². The molecule has 1 saturated heterocycles. The molecule has 7 heteroatoms. The van der Waals surface area contributed by atoms with E-state index in [1.165, 1.54) is 6.07 Å². The molecule has 1 heterocycles. The highest BCUT2D eigenvalue weighted by molar-refractivity contribution is 5.96. The maximum atomic E-state index is 14.3. The quantitative estimate of drug-likeness (QED) is 0.336. The van der Waals surface area contributed by atoms with Gasteiger partial charge in [-0.15, -0.1) is 0 Å². The number of amides is 1. The largest absolute Gasteiger partial charge is 0.486 e. The van der Waals surface area contributed by atoms with E-state index in [2.05, 4.69) is 5.32 Å². The van der Waals surface area contributed by atoms with Crippen molar-refractivity contribution in [3.8, 4) is 5.75 Å². The maximum Gasteiger partial charge on any atom is 0.252 e. The molecule has 0 aliphatic carbocycles. The van der Waals surface area contributed by atoms with E-state index in [-0.39, 0.29) is 24.1 Å². The zero-order valence-corrected chi connectivity index (χ0v) is 21.0. The number of carbonyl (C=O) groups excluding carboxylic acids is 1. The van der Waals surface area contributed by atoms with E-state index in [1.807, 2.05) is 25.1 Å². The highest BCUT2D eigenvalue weighted by Gasteiger charge is 2.34. The fraction of sp³-hybridized carbons (Fsp3) is 0.367. The van der Waals surface area contributed by atoms with Crippen LogP contribution in [-0.4, -0.2) is 24.7 Å². The lowest BCUT2D eigenvalue weighted by atomic mass is 9.83. The van der Waals surface area contributed by atoms with E-state index in [1.54, 1.807) is 18.2 Å². The van der Waals surface area contributed by atoms with Crippen molar-refractivity contribution in [2.24, 2.45) is 0 Å². The Bertz CT molecular complexity index is 1220. The van der Waals surface area contributed by atoms with Gasteiger partial charge in [-0.3, -0.25) is 4.79 Å². The summed E-state index contributed by atoms with van der Waals surface area (Å²) in [5.41, 5.74) is 2.20. The smallest absolute Gasteiger partial charge is 0.252 e. The van der Waals surface area contributed by atoms with Crippen LogP contribution in [0.3, 0.4) is 0 Å². The van der Waals surface area contributed by atoms with Crippen LogP contribution in [-0.2, 0) is 24.2 Å². The van der Waals surface area contributed by atoms with Crippen molar-refractivity contribution >= 4 is 5.91 Å². The summed E-state index contributed by atoms with van der Waals surface area (Å²) < 4.78 is 52.8. The zero-order chi connectivity index (χ0) is 26.3. The zero-order valence-electron chi connectivity index (χ0n) is 21.0. The Hall–Kier alpha value is -3.32. The normalized spacial score (nSPS) is 14.8. The van der Waals surface area contributed by atoms with Gasteiger partial charge in [-0.1, -0.05) is 43.7 Å². The van der Waals surface area contributed by atoms with Crippen molar-refractivity contribution in [1.29, 1.82) is 0 Å². The van der Waals surface area contributed by atoms with Gasteiger partial charge in [0.1, 0.15) is 18.2 Å². The van der Waals surface area contributed by atoms with Crippen LogP contribution < -0.4 is 10.1 Å². The Kier molecular flexibility index (Phi) is 8.87. The third-order valence-corrected chi connectivity index (χ3v) is 6.89. The van der Waals surface area contributed by atoms with Gasteiger partial charge in [0, 0.05) is 30.4 Å². The molecule has 0 atom stereocenters. The molecule has 1 N–H and O–H groups in total. The number of nitrogens with one attached hydrogen (secondary N) is 1. The fourth-order valence-corrected chi connectivity index (χ4v) is 4.74. The SMILES string of the molecule is CCCc1ccc(COc2cc(F)ccc2F)cc1C(=O)NC1(CCc2ccccc2F)CCOCC1. The Morgan fingerprint density at radius 1 is 0.946 bits per heavy atom. The molecule has 37 heavy (non-hydrogen) atoms. The van der Waals surface area contributed by atoms with E-state index in [0.717, 1.165) is 30.2 Å². The van der Waals surface area contributed by atoms with Gasteiger partial charge >= 0.3 is 0 Å². The summed E-state index contributed by atoms with van der Waals surface area (Å²) in [6.07, 6.45) is 3.94. The maximum absolute atomic E-state index is 14.3. The number of ether oxygens (including phenoxy) is 2. The van der Waals surface area contributed by atoms with Crippen molar-refractivity contribution in [3.63, 3.8) is 0 Å². The lowest BCUT2D eigenvalue weighted by Crippen LogP contribution is -2.52. The lowest BCUT2D eigenvalue weighted by Gasteiger charge is -2.38. The van der Waals surface area contributed by atoms with Crippen LogP contribution in [0.15, 0.2) is 60.7 Å². The van der Waals surface area contributed by atoms with Crippen molar-refractivity contribution in [3.05, 3.63) is 100 Å². The molecule has 4 rings (SSSR count). The minimum absolute atomic E-state index is 0.0146. The Morgan fingerprint density at radius 3 is 2.49 bits per heavy atom. The molecule has 0 aromatic heterocycles. The molecule has 196 valence electrons. The van der Waals surface area contributed by atoms with Crippen LogP contribution in [0.2, 0.25) is 0 Å². The summed E-state index contributed by atoms with van der Waals surface area (Å²) in [4.78, 5) is 13.6. The van der Waals surface area contributed by atoms with Crippen molar-refractivity contribution < 1.29 is 27.4 Å². The molecule has 4 nitrogen and oxygen atoms in total. The first-order chi connectivity index (χ1) is 17.9. The number of carbonyl (C=O) groups is 1. The fourth-order valence-electron chi connectivity index (χ4n) is 4.74. The second-order valence-electron chi connectivity index (χ2n) is 9.54. The summed E-state index contributed by atoms with van der Waals surface area (Å²) >= 11 is 0. The minimum atomic E-state index is -0.654. The first kappa shape index (κ1) is 26.7. The Labute approximate surface area is 215 Å². The molecule has 0 unspecified atom stereocenters. The molecule has 1 fully saturated rings. The van der Waals surface area contributed by atoms with Crippen LogP contribution >= 0.6 is 0 Å². The Morgan fingerprint density at radius 2 is 1.73 bits per heavy atom. The van der Waals surface area contributed by atoms with Crippen molar-refractivity contribution in [1.82, 2.24) is 5.32 Å². The molecule has 1 amide bonds. The summed E-state index contributed by atoms with van der Waals surface area (Å²) in [7, 11) is 0. The van der Waals surface area contributed by atoms with Crippen LogP contribution in [0.4, 0.5) is 13.2 Å². The topological polar surface area (TPSA) is 47.6 Å². The molecular formula is C30H32F3NO3. The molecule has 1 aliphatic rings. The van der Waals surface area contributed by atoms with E-state index in [4.69, 9.17) is 9.47 Å². The highest BCUT2D eigenvalue weighted by atomic mass is 19.1. The van der Waals surface area contributed by atoms with Gasteiger partial charge < -0.3 is 14.8 Å². The molecule has 3 aromatic carbocycles. The minimum Gasteiger partial charge on any atom is -0.486 e. The first-order valence-corrected chi connectivity index (χ1v) is 12.7. The lowest BCUT2D eigenvalue weighted by molar-refractivity contribution is 0.0328. The monoisotopic (exact) mass is 511 g/mol. The summed E-state index contributed by atoms with van der Waals surface area (Å²) in [6, 6.07) is 15.2. The van der Waals surface area contributed by atoms with E-state index >= 15 is 0 Å². The van der Waals surface area contributed by atoms with Crippen molar-refractivity contribution in [2.45, 2.75) is 57.6 Å². The number of hydrogen-bond donors (Lipinski definition) is 1. The number of halogens is 3. The van der Waals surface area contributed by atoms with Crippen molar-refractivity contribution in [2.75, 3.05) is 13.2 Å². The van der Waals surface area contributed by atoms with Gasteiger partial charge in [0.2, 0.25) is 0 Å². The van der Waals surface area contributed by atoms with E-state index < -0.39 is 17.2 Å². The van der Waals surface area contributed by atoms with Crippen LogP contribution in [0.1, 0.15) is 59.7 Å². The molecule has 1 aliphatic heterocycles. The average molecular weight is 512 g/mol. The molecule has 0 radical (unpaired) electrons. The molecule has 0 saturated carbocycles. The molecule has 3 aromatic rings. The number of hydrogen-bond acceptors (Lipinski definition) is 3. The van der Waals surface area contributed by atoms with Gasteiger partial charge in [0.05, 0.1) is 0 Å². The van der Waals surface area contributed by atoms with Crippen LogP contribution in [0.25, 0.3) is 0 Å². The summed E-state index contributed by atoms with van der Waals surface area (Å²) in [6.45, 7) is 3.07. The second kappa shape index (κ2) is 12.3. The predicted octanol–water partition coefficient (Wildman–Crippen LogP) is 6.55. The van der Waals surface area contributed by atoms with E-state index in [0.29, 0.717) is 62.0 Å². The molecule has 0 bridgehead atoms. The summed E-state index contributed by atoms with van der Waals surface area (Å²) in [5, 5.41) is 3.26. The van der Waals surface area contributed by atoms with E-state index in [9.17, 15) is 18.0 Å². The second-order valence-corrected chi connectivity index (χ2v) is 9.54. The van der Waals surface area contributed by atoms with Gasteiger partial charge in [-0.2, -0.15) is 0 Å². The van der Waals surface area contributed by atoms with Crippen LogP contribution in [0.5, 0.6) is 5.75 Å². The van der Waals surface area contributed by atoms with Gasteiger partial charge in [0.25, 0.3) is 5.91 Å². The highest BCUT2D eigenvalue weighted by Crippen LogP contribution is 2.28. The Balaban J connectivity index is 1.53. The average Bonchev–Trinajstić information content (AvgIpc) is 2.90. The summed E-state index contributed by atoms with van der Waals surface area (Å²) in [5.74, 6) is -1.88. The van der Waals surface area contributed by atoms with Crippen LogP contribution in [0, 0.1) is 17.5 Å². The third-order valence-electron chi connectivity index (χ3n) is 6.89. The van der Waals surface area contributed by atoms with Gasteiger partial charge in [-0.05, 0) is 73.1 Å². The standard InChI is InChI=1S/C30H32F3NO3/c1-2-5-22-9-8-21(20-37-28-19-24(31)10-11-27(28)33)18-25(22)29(35)34-30(14-16-36-17-15-30)13-12-23-6-3-4-7-26(23)32/h3-4,6-11,18-19H,2,5,12-17,20H2,1H3,(H,34,35). The first-order valence-electron chi connectivity index (χ1n) is 12.7. The molecular weight excluding hydrogens is 479 g/mol. The number of benzene rings is 3. The number of rotatable bonds is 10. The molecule has 0 spiro atoms.